The maximum atomic E-state index is 5.83. The van der Waals surface area contributed by atoms with Crippen molar-refractivity contribution in [3.63, 3.8) is 0 Å². The zero-order valence-corrected chi connectivity index (χ0v) is 8.59. The molecule has 1 aliphatic heterocycles. The molecular formula is C11H21NO. The summed E-state index contributed by atoms with van der Waals surface area (Å²) in [5.41, 5.74) is 0. The maximum absolute atomic E-state index is 5.83. The van der Waals surface area contributed by atoms with Crippen LogP contribution in [0.2, 0.25) is 0 Å². The largest absolute Gasteiger partial charge is 0.378 e. The summed E-state index contributed by atoms with van der Waals surface area (Å²) in [4.78, 5) is 0. The molecule has 2 atom stereocenters. The van der Waals surface area contributed by atoms with Crippen LogP contribution < -0.4 is 5.32 Å². The second kappa shape index (κ2) is 4.43. The zero-order valence-electron chi connectivity index (χ0n) is 8.59. The molecular weight excluding hydrogens is 162 g/mol. The Kier molecular flexibility index (Phi) is 3.23. The first-order valence-electron chi connectivity index (χ1n) is 5.74. The van der Waals surface area contributed by atoms with Gasteiger partial charge in [0.2, 0.25) is 0 Å². The van der Waals surface area contributed by atoms with Gasteiger partial charge in [-0.3, -0.25) is 0 Å². The Morgan fingerprint density at radius 3 is 2.77 bits per heavy atom. The van der Waals surface area contributed by atoms with Crippen LogP contribution in [-0.2, 0) is 4.74 Å². The van der Waals surface area contributed by atoms with E-state index in [1.165, 1.54) is 25.7 Å². The predicted octanol–water partition coefficient (Wildman–Crippen LogP) is 1.80. The van der Waals surface area contributed by atoms with Crippen LogP contribution in [0.4, 0.5) is 0 Å². The van der Waals surface area contributed by atoms with E-state index in [0.29, 0.717) is 6.10 Å². The molecule has 2 fully saturated rings. The van der Waals surface area contributed by atoms with Gasteiger partial charge in [-0.2, -0.15) is 0 Å². The highest BCUT2D eigenvalue weighted by Gasteiger charge is 2.37. The Bertz CT molecular complexity index is 156. The van der Waals surface area contributed by atoms with Gasteiger partial charge in [-0.15, -0.1) is 0 Å². The quantitative estimate of drug-likeness (QED) is 0.717. The van der Waals surface area contributed by atoms with Crippen molar-refractivity contribution in [2.45, 2.75) is 38.7 Å². The van der Waals surface area contributed by atoms with E-state index in [2.05, 4.69) is 12.2 Å². The molecule has 1 N–H and O–H groups in total. The molecule has 1 aliphatic carbocycles. The van der Waals surface area contributed by atoms with E-state index in [1.54, 1.807) is 0 Å². The van der Waals surface area contributed by atoms with E-state index in [0.717, 1.165) is 31.5 Å². The molecule has 0 aromatic heterocycles. The van der Waals surface area contributed by atoms with Crippen molar-refractivity contribution >= 4 is 0 Å². The minimum absolute atomic E-state index is 0.591. The van der Waals surface area contributed by atoms with Crippen LogP contribution in [0.25, 0.3) is 0 Å². The third-order valence-corrected chi connectivity index (χ3v) is 3.53. The lowest BCUT2D eigenvalue weighted by Gasteiger charge is -2.34. The third-order valence-electron chi connectivity index (χ3n) is 3.53. The summed E-state index contributed by atoms with van der Waals surface area (Å²) in [6, 6.07) is 0. The molecule has 2 heteroatoms. The van der Waals surface area contributed by atoms with Crippen LogP contribution in [-0.4, -0.2) is 25.8 Å². The minimum Gasteiger partial charge on any atom is -0.378 e. The molecule has 2 unspecified atom stereocenters. The predicted molar refractivity (Wildman–Crippen MR) is 53.7 cm³/mol. The summed E-state index contributed by atoms with van der Waals surface area (Å²) >= 11 is 0. The second-order valence-corrected chi connectivity index (χ2v) is 4.38. The molecule has 2 rings (SSSR count). The molecule has 1 saturated carbocycles. The van der Waals surface area contributed by atoms with Gasteiger partial charge in [0, 0.05) is 19.1 Å². The fraction of sp³-hybridized carbons (Fsp3) is 1.00. The summed E-state index contributed by atoms with van der Waals surface area (Å²) < 4.78 is 5.83. The van der Waals surface area contributed by atoms with Crippen molar-refractivity contribution in [2.24, 2.45) is 11.8 Å². The molecule has 1 heterocycles. The topological polar surface area (TPSA) is 21.3 Å². The normalized spacial score (nSPS) is 34.8. The van der Waals surface area contributed by atoms with Crippen molar-refractivity contribution in [3.8, 4) is 0 Å². The van der Waals surface area contributed by atoms with Gasteiger partial charge < -0.3 is 10.1 Å². The van der Waals surface area contributed by atoms with Gasteiger partial charge in [0.05, 0.1) is 6.10 Å². The molecule has 0 aromatic rings. The lowest BCUT2D eigenvalue weighted by atomic mass is 9.77. The van der Waals surface area contributed by atoms with E-state index >= 15 is 0 Å². The van der Waals surface area contributed by atoms with Crippen LogP contribution in [0.1, 0.15) is 32.6 Å². The van der Waals surface area contributed by atoms with Gasteiger partial charge in [0.25, 0.3) is 0 Å². The first-order valence-corrected chi connectivity index (χ1v) is 5.74. The van der Waals surface area contributed by atoms with Crippen molar-refractivity contribution in [1.29, 1.82) is 0 Å². The van der Waals surface area contributed by atoms with Gasteiger partial charge in [-0.25, -0.2) is 0 Å². The SMILES string of the molecule is CCNCC1CCOC1C1CCC1. The maximum Gasteiger partial charge on any atom is 0.0644 e. The highest BCUT2D eigenvalue weighted by molar-refractivity contribution is 4.87. The summed E-state index contributed by atoms with van der Waals surface area (Å²) in [5.74, 6) is 1.69. The van der Waals surface area contributed by atoms with Gasteiger partial charge in [-0.1, -0.05) is 13.3 Å². The second-order valence-electron chi connectivity index (χ2n) is 4.38. The van der Waals surface area contributed by atoms with Crippen molar-refractivity contribution in [1.82, 2.24) is 5.32 Å². The fourth-order valence-electron chi connectivity index (χ4n) is 2.49. The summed E-state index contributed by atoms with van der Waals surface area (Å²) in [5, 5.41) is 3.44. The molecule has 2 nitrogen and oxygen atoms in total. The van der Waals surface area contributed by atoms with E-state index in [4.69, 9.17) is 4.74 Å². The van der Waals surface area contributed by atoms with Crippen LogP contribution in [0, 0.1) is 11.8 Å². The average molecular weight is 183 g/mol. The van der Waals surface area contributed by atoms with Crippen molar-refractivity contribution < 1.29 is 4.74 Å². The molecule has 0 spiro atoms. The van der Waals surface area contributed by atoms with Crippen LogP contribution in [0.15, 0.2) is 0 Å². The first-order chi connectivity index (χ1) is 6.42. The Morgan fingerprint density at radius 2 is 2.15 bits per heavy atom. The van der Waals surface area contributed by atoms with E-state index in [-0.39, 0.29) is 0 Å². The third kappa shape index (κ3) is 2.05. The van der Waals surface area contributed by atoms with Crippen LogP contribution in [0.3, 0.4) is 0 Å². The van der Waals surface area contributed by atoms with E-state index < -0.39 is 0 Å². The van der Waals surface area contributed by atoms with Crippen LogP contribution >= 0.6 is 0 Å². The van der Waals surface area contributed by atoms with Gasteiger partial charge >= 0.3 is 0 Å². The van der Waals surface area contributed by atoms with Gasteiger partial charge in [-0.05, 0) is 31.7 Å². The minimum atomic E-state index is 0.591. The van der Waals surface area contributed by atoms with Crippen LogP contribution in [0.5, 0.6) is 0 Å². The standard InChI is InChI=1S/C11H21NO/c1-2-12-8-10-6-7-13-11(10)9-4-3-5-9/h9-12H,2-8H2,1H3. The molecule has 0 bridgehead atoms. The molecule has 2 aliphatic rings. The monoisotopic (exact) mass is 183 g/mol. The highest BCUT2D eigenvalue weighted by Crippen LogP contribution is 2.38. The molecule has 0 aromatic carbocycles. The van der Waals surface area contributed by atoms with Gasteiger partial charge in [0.15, 0.2) is 0 Å². The summed E-state index contributed by atoms with van der Waals surface area (Å²) in [6.07, 6.45) is 6.11. The average Bonchev–Trinajstić information content (AvgIpc) is 2.46. The lowest BCUT2D eigenvalue weighted by molar-refractivity contribution is 0.0104. The molecule has 0 radical (unpaired) electrons. The highest BCUT2D eigenvalue weighted by atomic mass is 16.5. The smallest absolute Gasteiger partial charge is 0.0644 e. The molecule has 13 heavy (non-hydrogen) atoms. The summed E-state index contributed by atoms with van der Waals surface area (Å²) in [6.45, 7) is 5.43. The number of hydrogen-bond acceptors (Lipinski definition) is 2. The Balaban J connectivity index is 1.79. The van der Waals surface area contributed by atoms with Crippen molar-refractivity contribution in [2.75, 3.05) is 19.7 Å². The first kappa shape index (κ1) is 9.47. The summed E-state index contributed by atoms with van der Waals surface area (Å²) in [7, 11) is 0. The molecule has 76 valence electrons. The Hall–Kier alpha value is -0.0800. The Morgan fingerprint density at radius 1 is 1.31 bits per heavy atom. The Labute approximate surface area is 81.0 Å². The van der Waals surface area contributed by atoms with E-state index in [9.17, 15) is 0 Å². The number of rotatable bonds is 4. The number of nitrogens with one attached hydrogen (secondary N) is 1. The van der Waals surface area contributed by atoms with E-state index in [1.807, 2.05) is 0 Å². The molecule has 1 saturated heterocycles. The lowest BCUT2D eigenvalue weighted by Crippen LogP contribution is -2.36. The fourth-order valence-corrected chi connectivity index (χ4v) is 2.49. The zero-order chi connectivity index (χ0) is 9.10. The number of ether oxygens (including phenoxy) is 1. The van der Waals surface area contributed by atoms with Crippen molar-refractivity contribution in [3.05, 3.63) is 0 Å². The molecule has 0 amide bonds. The van der Waals surface area contributed by atoms with Gasteiger partial charge in [0.1, 0.15) is 0 Å². The number of hydrogen-bond donors (Lipinski definition) is 1.